The average Bonchev–Trinajstić information content (AvgIpc) is 2.73. The first-order valence-corrected chi connectivity index (χ1v) is 9.94. The summed E-state index contributed by atoms with van der Waals surface area (Å²) in [6, 6.07) is 20.2. The van der Waals surface area contributed by atoms with Crippen LogP contribution in [0.3, 0.4) is 0 Å². The van der Waals surface area contributed by atoms with Gasteiger partial charge in [0.15, 0.2) is 0 Å². The fourth-order valence-corrected chi connectivity index (χ4v) is 3.25. The zero-order valence-electron chi connectivity index (χ0n) is 16.5. The van der Waals surface area contributed by atoms with Crippen molar-refractivity contribution in [1.82, 2.24) is 0 Å². The van der Waals surface area contributed by atoms with Crippen LogP contribution in [0.4, 0.5) is 5.69 Å². The van der Waals surface area contributed by atoms with E-state index in [1.807, 2.05) is 37.3 Å². The van der Waals surface area contributed by atoms with Gasteiger partial charge in [0.2, 0.25) is 0 Å². The van der Waals surface area contributed by atoms with Gasteiger partial charge in [0.25, 0.3) is 5.91 Å². The van der Waals surface area contributed by atoms with Gasteiger partial charge in [-0.1, -0.05) is 54.9 Å². The maximum absolute atomic E-state index is 12.6. The predicted octanol–water partition coefficient (Wildman–Crippen LogP) is 6.18. The summed E-state index contributed by atoms with van der Waals surface area (Å²) in [6.07, 6.45) is 0.966. The van der Waals surface area contributed by atoms with Gasteiger partial charge >= 0.3 is 0 Å². The molecule has 1 amide bonds. The van der Waals surface area contributed by atoms with E-state index in [0.717, 1.165) is 12.0 Å². The molecule has 150 valence electrons. The molecule has 3 aromatic carbocycles. The van der Waals surface area contributed by atoms with Crippen molar-refractivity contribution in [2.24, 2.45) is 0 Å². The second-order valence-corrected chi connectivity index (χ2v) is 7.36. The summed E-state index contributed by atoms with van der Waals surface area (Å²) in [5.74, 6) is 0.418. The molecule has 29 heavy (non-hydrogen) atoms. The summed E-state index contributed by atoms with van der Waals surface area (Å²) >= 11 is 5.94. The van der Waals surface area contributed by atoms with Gasteiger partial charge in [-0.05, 0) is 48.7 Å². The number of anilines is 1. The Bertz CT molecular complexity index is 989. The van der Waals surface area contributed by atoms with Crippen LogP contribution in [0.2, 0.25) is 5.02 Å². The van der Waals surface area contributed by atoms with Crippen molar-refractivity contribution < 1.29 is 14.6 Å². The number of carbonyl (C=O) groups is 1. The number of benzene rings is 3. The van der Waals surface area contributed by atoms with Crippen LogP contribution in [-0.4, -0.2) is 17.6 Å². The molecule has 0 bridgehead atoms. The molecule has 3 aromatic rings. The molecule has 0 aromatic heterocycles. The Morgan fingerprint density at radius 1 is 1.10 bits per heavy atom. The van der Waals surface area contributed by atoms with Gasteiger partial charge in [-0.3, -0.25) is 4.79 Å². The van der Waals surface area contributed by atoms with Gasteiger partial charge in [-0.2, -0.15) is 0 Å². The van der Waals surface area contributed by atoms with E-state index in [9.17, 15) is 9.90 Å². The number of amides is 1. The first-order chi connectivity index (χ1) is 14.0. The standard InChI is InChI=1S/C24H24ClNO3/c1-3-17(18-7-5-4-6-8-18)15-29-20-11-9-16(2)22(14-20)26-24(28)21-13-19(25)10-12-23(21)27/h4-14,17,27H,3,15H2,1-2H3,(H,26,28)/t17-/m0/s1. The van der Waals surface area contributed by atoms with Crippen LogP contribution in [0.25, 0.3) is 0 Å². The van der Waals surface area contributed by atoms with E-state index in [1.165, 1.54) is 23.8 Å². The lowest BCUT2D eigenvalue weighted by atomic mass is 9.97. The summed E-state index contributed by atoms with van der Waals surface area (Å²) < 4.78 is 6.02. The van der Waals surface area contributed by atoms with Crippen molar-refractivity contribution in [3.63, 3.8) is 0 Å². The Morgan fingerprint density at radius 2 is 1.86 bits per heavy atom. The Kier molecular flexibility index (Phi) is 6.78. The van der Waals surface area contributed by atoms with Gasteiger partial charge in [0.05, 0.1) is 12.2 Å². The Hall–Kier alpha value is -2.98. The molecular formula is C24H24ClNO3. The third-order valence-electron chi connectivity index (χ3n) is 4.88. The highest BCUT2D eigenvalue weighted by atomic mass is 35.5. The van der Waals surface area contributed by atoms with Gasteiger partial charge in [-0.25, -0.2) is 0 Å². The van der Waals surface area contributed by atoms with Crippen molar-refractivity contribution in [2.75, 3.05) is 11.9 Å². The molecule has 0 heterocycles. The van der Waals surface area contributed by atoms with Crippen LogP contribution in [0, 0.1) is 6.92 Å². The highest BCUT2D eigenvalue weighted by Gasteiger charge is 2.14. The molecule has 0 fully saturated rings. The molecule has 0 aliphatic heterocycles. The fraction of sp³-hybridized carbons (Fsp3) is 0.208. The normalized spacial score (nSPS) is 11.7. The minimum absolute atomic E-state index is 0.120. The molecule has 2 N–H and O–H groups in total. The van der Waals surface area contributed by atoms with Crippen molar-refractivity contribution in [3.05, 3.63) is 88.4 Å². The van der Waals surface area contributed by atoms with Crippen LogP contribution in [-0.2, 0) is 0 Å². The van der Waals surface area contributed by atoms with Gasteiger partial charge in [0, 0.05) is 22.7 Å². The largest absolute Gasteiger partial charge is 0.507 e. The number of aromatic hydroxyl groups is 1. The number of rotatable bonds is 7. The number of aryl methyl sites for hydroxylation is 1. The van der Waals surface area contributed by atoms with E-state index < -0.39 is 5.91 Å². The molecule has 0 spiro atoms. The predicted molar refractivity (Wildman–Crippen MR) is 117 cm³/mol. The van der Waals surface area contributed by atoms with Crippen molar-refractivity contribution in [1.29, 1.82) is 0 Å². The number of nitrogens with one attached hydrogen (secondary N) is 1. The van der Waals surface area contributed by atoms with Crippen LogP contribution >= 0.6 is 11.6 Å². The minimum Gasteiger partial charge on any atom is -0.507 e. The molecule has 0 radical (unpaired) electrons. The topological polar surface area (TPSA) is 58.6 Å². The van der Waals surface area contributed by atoms with E-state index in [0.29, 0.717) is 29.0 Å². The van der Waals surface area contributed by atoms with Gasteiger partial charge in [-0.15, -0.1) is 0 Å². The number of carbonyl (C=O) groups excluding carboxylic acids is 1. The highest BCUT2D eigenvalue weighted by Crippen LogP contribution is 2.27. The third-order valence-corrected chi connectivity index (χ3v) is 5.11. The maximum Gasteiger partial charge on any atom is 0.259 e. The second kappa shape index (κ2) is 9.48. The fourth-order valence-electron chi connectivity index (χ4n) is 3.08. The maximum atomic E-state index is 12.6. The van der Waals surface area contributed by atoms with Crippen molar-refractivity contribution >= 4 is 23.2 Å². The molecule has 5 heteroatoms. The number of ether oxygens (including phenoxy) is 1. The Labute approximate surface area is 176 Å². The number of phenols is 1. The molecular weight excluding hydrogens is 386 g/mol. The third kappa shape index (κ3) is 5.30. The molecule has 4 nitrogen and oxygen atoms in total. The molecule has 0 aliphatic carbocycles. The van der Waals surface area contributed by atoms with Crippen molar-refractivity contribution in [2.45, 2.75) is 26.2 Å². The zero-order chi connectivity index (χ0) is 20.8. The van der Waals surface area contributed by atoms with Crippen molar-refractivity contribution in [3.8, 4) is 11.5 Å². The van der Waals surface area contributed by atoms with Crippen LogP contribution in [0.15, 0.2) is 66.7 Å². The SMILES string of the molecule is CC[C@@H](COc1ccc(C)c(NC(=O)c2cc(Cl)ccc2O)c1)c1ccccc1. The highest BCUT2D eigenvalue weighted by molar-refractivity contribution is 6.31. The lowest BCUT2D eigenvalue weighted by Gasteiger charge is -2.17. The Morgan fingerprint density at radius 3 is 2.59 bits per heavy atom. The lowest BCUT2D eigenvalue weighted by Crippen LogP contribution is -2.14. The van der Waals surface area contributed by atoms with Crippen LogP contribution in [0.5, 0.6) is 11.5 Å². The van der Waals surface area contributed by atoms with E-state index in [-0.39, 0.29) is 11.3 Å². The van der Waals surface area contributed by atoms with E-state index in [4.69, 9.17) is 16.3 Å². The Balaban J connectivity index is 1.72. The average molecular weight is 410 g/mol. The van der Waals surface area contributed by atoms with Crippen LogP contribution < -0.4 is 10.1 Å². The van der Waals surface area contributed by atoms with Gasteiger partial charge in [0.1, 0.15) is 11.5 Å². The summed E-state index contributed by atoms with van der Waals surface area (Å²) in [5, 5.41) is 13.2. The molecule has 1 atom stereocenters. The number of halogens is 1. The van der Waals surface area contributed by atoms with E-state index >= 15 is 0 Å². The second-order valence-electron chi connectivity index (χ2n) is 6.92. The summed E-state index contributed by atoms with van der Waals surface area (Å²) in [6.45, 7) is 4.58. The molecule has 3 rings (SSSR count). The number of hydrogen-bond donors (Lipinski definition) is 2. The smallest absolute Gasteiger partial charge is 0.259 e. The molecule has 0 saturated heterocycles. The summed E-state index contributed by atoms with van der Waals surface area (Å²) in [4.78, 5) is 12.6. The molecule has 0 unspecified atom stereocenters. The molecule has 0 saturated carbocycles. The quantitative estimate of drug-likeness (QED) is 0.490. The van der Waals surface area contributed by atoms with E-state index in [2.05, 4.69) is 24.4 Å². The first-order valence-electron chi connectivity index (χ1n) is 9.56. The molecule has 0 aliphatic rings. The summed E-state index contributed by atoms with van der Waals surface area (Å²) in [7, 11) is 0. The monoisotopic (exact) mass is 409 g/mol. The lowest BCUT2D eigenvalue weighted by molar-refractivity contribution is 0.102. The van der Waals surface area contributed by atoms with Gasteiger partial charge < -0.3 is 15.2 Å². The summed E-state index contributed by atoms with van der Waals surface area (Å²) in [5.41, 5.74) is 2.88. The van der Waals surface area contributed by atoms with E-state index in [1.54, 1.807) is 6.07 Å². The first kappa shape index (κ1) is 20.7. The number of phenolic OH excluding ortho intramolecular Hbond substituents is 1. The van der Waals surface area contributed by atoms with Crippen LogP contribution in [0.1, 0.15) is 40.7 Å². The number of hydrogen-bond acceptors (Lipinski definition) is 3. The minimum atomic E-state index is -0.430. The zero-order valence-corrected chi connectivity index (χ0v) is 17.2.